The maximum absolute atomic E-state index is 12.0. The van der Waals surface area contributed by atoms with Crippen LogP contribution in [0.5, 0.6) is 0 Å². The number of benzene rings is 1. The van der Waals surface area contributed by atoms with Gasteiger partial charge in [-0.15, -0.1) is 0 Å². The predicted octanol–water partition coefficient (Wildman–Crippen LogP) is 3.04. The van der Waals surface area contributed by atoms with Gasteiger partial charge in [-0.2, -0.15) is 0 Å². The number of amides is 2. The molecule has 2 rings (SSSR count). The Morgan fingerprint density at radius 3 is 2.84 bits per heavy atom. The first-order chi connectivity index (χ1) is 8.97. The lowest BCUT2D eigenvalue weighted by Crippen LogP contribution is -2.33. The molecule has 0 bridgehead atoms. The fourth-order valence-corrected chi connectivity index (χ4v) is 2.45. The number of hydrogen-bond donors (Lipinski definition) is 2. The zero-order chi connectivity index (χ0) is 14.0. The lowest BCUT2D eigenvalue weighted by Gasteiger charge is -2.17. The summed E-state index contributed by atoms with van der Waals surface area (Å²) < 4.78 is 0.722. The summed E-state index contributed by atoms with van der Waals surface area (Å²) in [5.41, 5.74) is 0.566. The second-order valence-corrected chi connectivity index (χ2v) is 5.61. The third-order valence-corrected chi connectivity index (χ3v) is 3.92. The van der Waals surface area contributed by atoms with E-state index in [4.69, 9.17) is 16.7 Å². The lowest BCUT2D eigenvalue weighted by molar-refractivity contribution is -0.141. The van der Waals surface area contributed by atoms with E-state index in [1.165, 1.54) is 4.90 Å². The van der Waals surface area contributed by atoms with Gasteiger partial charge in [0.2, 0.25) is 0 Å². The Kier molecular flexibility index (Phi) is 4.31. The molecule has 2 amide bonds. The molecule has 1 atom stereocenters. The first kappa shape index (κ1) is 14.1. The van der Waals surface area contributed by atoms with Crippen LogP contribution in [0.1, 0.15) is 6.42 Å². The molecule has 2 N–H and O–H groups in total. The van der Waals surface area contributed by atoms with Crippen molar-refractivity contribution in [3.8, 4) is 0 Å². The van der Waals surface area contributed by atoms with Gasteiger partial charge in [-0.05, 0) is 40.5 Å². The molecule has 1 aliphatic heterocycles. The molecule has 0 aliphatic carbocycles. The quantitative estimate of drug-likeness (QED) is 0.864. The average molecular weight is 348 g/mol. The molecule has 0 radical (unpaired) electrons. The summed E-state index contributed by atoms with van der Waals surface area (Å²) in [6.07, 6.45) is 0.486. The maximum Gasteiger partial charge on any atom is 0.321 e. The molecule has 102 valence electrons. The normalized spacial score (nSPS) is 18.4. The van der Waals surface area contributed by atoms with E-state index < -0.39 is 11.9 Å². The molecule has 0 saturated carbocycles. The van der Waals surface area contributed by atoms with E-state index in [0.717, 1.165) is 4.47 Å². The minimum absolute atomic E-state index is 0.235. The molecule has 1 aromatic carbocycles. The highest BCUT2D eigenvalue weighted by Crippen LogP contribution is 2.27. The van der Waals surface area contributed by atoms with E-state index in [0.29, 0.717) is 23.7 Å². The van der Waals surface area contributed by atoms with Gasteiger partial charge >= 0.3 is 12.0 Å². The fraction of sp³-hybridized carbons (Fsp3) is 0.333. The number of nitrogens with zero attached hydrogens (tertiary/aromatic N) is 1. The number of carboxylic acids is 1. The van der Waals surface area contributed by atoms with Gasteiger partial charge < -0.3 is 15.3 Å². The van der Waals surface area contributed by atoms with Crippen LogP contribution in [0.3, 0.4) is 0 Å². The van der Waals surface area contributed by atoms with Gasteiger partial charge in [-0.3, -0.25) is 4.79 Å². The number of rotatable bonds is 2. The average Bonchev–Trinajstić information content (AvgIpc) is 2.83. The molecule has 0 spiro atoms. The minimum atomic E-state index is -0.862. The van der Waals surface area contributed by atoms with Crippen molar-refractivity contribution in [1.82, 2.24) is 4.90 Å². The predicted molar refractivity (Wildman–Crippen MR) is 75.5 cm³/mol. The van der Waals surface area contributed by atoms with Gasteiger partial charge in [0.1, 0.15) is 0 Å². The van der Waals surface area contributed by atoms with Crippen molar-refractivity contribution in [2.45, 2.75) is 6.42 Å². The molecule has 19 heavy (non-hydrogen) atoms. The first-order valence-electron chi connectivity index (χ1n) is 5.71. The summed E-state index contributed by atoms with van der Waals surface area (Å²) >= 11 is 9.18. The smallest absolute Gasteiger partial charge is 0.321 e. The number of nitrogens with one attached hydrogen (secondary N) is 1. The van der Waals surface area contributed by atoms with Crippen molar-refractivity contribution in [3.05, 3.63) is 27.7 Å². The molecule has 1 aromatic rings. The Morgan fingerprint density at radius 1 is 1.47 bits per heavy atom. The molecule has 1 unspecified atom stereocenters. The highest BCUT2D eigenvalue weighted by Gasteiger charge is 2.30. The topological polar surface area (TPSA) is 69.6 Å². The van der Waals surface area contributed by atoms with Gasteiger partial charge in [-0.25, -0.2) is 4.79 Å². The molecular weight excluding hydrogens is 335 g/mol. The standard InChI is InChI=1S/C12H12BrClN2O3/c13-9-2-1-8(14)5-10(9)15-12(19)16-4-3-7(6-16)11(17)18/h1-2,5,7H,3-4,6H2,(H,15,19)(H,17,18). The summed E-state index contributed by atoms with van der Waals surface area (Å²) in [6, 6.07) is 4.76. The van der Waals surface area contributed by atoms with Crippen molar-refractivity contribution >= 4 is 45.2 Å². The van der Waals surface area contributed by atoms with Crippen LogP contribution in [0.2, 0.25) is 5.02 Å². The number of aliphatic carboxylic acids is 1. The third kappa shape index (κ3) is 3.39. The molecule has 5 nitrogen and oxygen atoms in total. The van der Waals surface area contributed by atoms with Crippen molar-refractivity contribution < 1.29 is 14.7 Å². The highest BCUT2D eigenvalue weighted by atomic mass is 79.9. The Hall–Kier alpha value is -1.27. The van der Waals surface area contributed by atoms with Gasteiger partial charge in [-0.1, -0.05) is 11.6 Å². The van der Waals surface area contributed by atoms with Crippen LogP contribution in [0.4, 0.5) is 10.5 Å². The number of halogens is 2. The SMILES string of the molecule is O=C(O)C1CCN(C(=O)Nc2cc(Cl)ccc2Br)C1. The lowest BCUT2D eigenvalue weighted by atomic mass is 10.1. The second-order valence-electron chi connectivity index (χ2n) is 4.32. The summed E-state index contributed by atoms with van der Waals surface area (Å²) in [5, 5.41) is 12.1. The maximum atomic E-state index is 12.0. The zero-order valence-corrected chi connectivity index (χ0v) is 12.2. The Bertz CT molecular complexity index is 524. The molecular formula is C12H12BrClN2O3. The Balaban J connectivity index is 2.02. The van der Waals surface area contributed by atoms with Crippen molar-refractivity contribution in [3.63, 3.8) is 0 Å². The zero-order valence-electron chi connectivity index (χ0n) is 9.90. The number of urea groups is 1. The molecule has 1 fully saturated rings. The number of hydrogen-bond acceptors (Lipinski definition) is 2. The van der Waals surface area contributed by atoms with Crippen molar-refractivity contribution in [2.24, 2.45) is 5.92 Å². The molecule has 7 heteroatoms. The second kappa shape index (κ2) is 5.79. The monoisotopic (exact) mass is 346 g/mol. The minimum Gasteiger partial charge on any atom is -0.481 e. The van der Waals surface area contributed by atoms with Crippen molar-refractivity contribution in [2.75, 3.05) is 18.4 Å². The van der Waals surface area contributed by atoms with Crippen LogP contribution >= 0.6 is 27.5 Å². The molecule has 1 saturated heterocycles. The van der Waals surface area contributed by atoms with E-state index in [-0.39, 0.29) is 12.6 Å². The summed E-state index contributed by atoms with van der Waals surface area (Å²) in [5.74, 6) is -1.34. The van der Waals surface area contributed by atoms with Gasteiger partial charge in [0.05, 0.1) is 11.6 Å². The number of carbonyl (C=O) groups excluding carboxylic acids is 1. The van der Waals surface area contributed by atoms with Crippen LogP contribution < -0.4 is 5.32 Å². The Labute approximate surface area is 123 Å². The molecule has 1 aliphatic rings. The fourth-order valence-electron chi connectivity index (χ4n) is 1.93. The van der Waals surface area contributed by atoms with E-state index in [9.17, 15) is 9.59 Å². The number of likely N-dealkylation sites (tertiary alicyclic amines) is 1. The largest absolute Gasteiger partial charge is 0.481 e. The van der Waals surface area contributed by atoms with Crippen LogP contribution in [-0.4, -0.2) is 35.1 Å². The van der Waals surface area contributed by atoms with Crippen LogP contribution in [-0.2, 0) is 4.79 Å². The number of anilines is 1. The van der Waals surface area contributed by atoms with Crippen LogP contribution in [0.15, 0.2) is 22.7 Å². The van der Waals surface area contributed by atoms with E-state index in [1.807, 2.05) is 0 Å². The van der Waals surface area contributed by atoms with Crippen LogP contribution in [0.25, 0.3) is 0 Å². The highest BCUT2D eigenvalue weighted by molar-refractivity contribution is 9.10. The summed E-state index contributed by atoms with van der Waals surface area (Å²) in [6.45, 7) is 0.681. The third-order valence-electron chi connectivity index (χ3n) is 2.99. The van der Waals surface area contributed by atoms with Crippen molar-refractivity contribution in [1.29, 1.82) is 0 Å². The molecule has 1 heterocycles. The summed E-state index contributed by atoms with van der Waals surface area (Å²) in [4.78, 5) is 24.3. The van der Waals surface area contributed by atoms with E-state index >= 15 is 0 Å². The first-order valence-corrected chi connectivity index (χ1v) is 6.88. The van der Waals surface area contributed by atoms with Crippen LogP contribution in [0, 0.1) is 5.92 Å². The number of carboxylic acid groups (broad SMARTS) is 1. The van der Waals surface area contributed by atoms with Gasteiger partial charge in [0, 0.05) is 22.6 Å². The molecule has 0 aromatic heterocycles. The number of carbonyl (C=O) groups is 2. The van der Waals surface area contributed by atoms with E-state index in [1.54, 1.807) is 18.2 Å². The summed E-state index contributed by atoms with van der Waals surface area (Å²) in [7, 11) is 0. The van der Waals surface area contributed by atoms with Gasteiger partial charge in [0.25, 0.3) is 0 Å². The van der Waals surface area contributed by atoms with E-state index in [2.05, 4.69) is 21.2 Å². The van der Waals surface area contributed by atoms with Gasteiger partial charge in [0.15, 0.2) is 0 Å². The Morgan fingerprint density at radius 2 is 2.21 bits per heavy atom.